The lowest BCUT2D eigenvalue weighted by Gasteiger charge is -2.06. The van der Waals surface area contributed by atoms with Gasteiger partial charge in [0.05, 0.1) is 11.4 Å². The highest BCUT2D eigenvalue weighted by atomic mass is 16.5. The maximum Gasteiger partial charge on any atom is 0.359 e. The maximum atomic E-state index is 11.9. The Balaban J connectivity index is 1.87. The van der Waals surface area contributed by atoms with Crippen LogP contribution in [-0.4, -0.2) is 34.8 Å². The van der Waals surface area contributed by atoms with Gasteiger partial charge >= 0.3 is 5.97 Å². The van der Waals surface area contributed by atoms with Crippen LogP contribution in [0.4, 0.5) is 5.69 Å². The van der Waals surface area contributed by atoms with Crippen molar-refractivity contribution >= 4 is 17.6 Å². The standard InChI is InChI=1S/C13H20N4O3/c1-3-9-11(14)12(17(2)16-9)13(19)20-7-10(18)15-6-8-4-5-8/h8H,3-7,14H2,1-2H3,(H,15,18). The number of amides is 1. The molecule has 1 fully saturated rings. The Morgan fingerprint density at radius 1 is 1.50 bits per heavy atom. The number of nitrogen functional groups attached to an aromatic ring is 1. The highest BCUT2D eigenvalue weighted by Gasteiger charge is 2.23. The van der Waals surface area contributed by atoms with E-state index in [0.717, 1.165) is 12.8 Å². The predicted molar refractivity (Wildman–Crippen MR) is 73.0 cm³/mol. The molecule has 20 heavy (non-hydrogen) atoms. The summed E-state index contributed by atoms with van der Waals surface area (Å²) >= 11 is 0. The van der Waals surface area contributed by atoms with E-state index in [1.807, 2.05) is 6.92 Å². The zero-order valence-electron chi connectivity index (χ0n) is 11.8. The fourth-order valence-corrected chi connectivity index (χ4v) is 1.93. The number of carbonyl (C=O) groups excluding carboxylic acids is 2. The van der Waals surface area contributed by atoms with Gasteiger partial charge in [-0.1, -0.05) is 6.92 Å². The third-order valence-electron chi connectivity index (χ3n) is 3.31. The van der Waals surface area contributed by atoms with Gasteiger partial charge in [0.2, 0.25) is 0 Å². The van der Waals surface area contributed by atoms with E-state index in [1.165, 1.54) is 4.68 Å². The van der Waals surface area contributed by atoms with E-state index < -0.39 is 5.97 Å². The molecule has 1 heterocycles. The quantitative estimate of drug-likeness (QED) is 0.728. The molecule has 1 saturated carbocycles. The molecule has 0 spiro atoms. The molecule has 0 unspecified atom stereocenters. The number of hydrogen-bond donors (Lipinski definition) is 2. The van der Waals surface area contributed by atoms with Crippen LogP contribution in [0.5, 0.6) is 0 Å². The predicted octanol–water partition coefficient (Wildman–Crippen LogP) is 0.248. The molecule has 7 heteroatoms. The molecule has 2 rings (SSSR count). The Kier molecular flexibility index (Phi) is 4.26. The summed E-state index contributed by atoms with van der Waals surface area (Å²) in [6, 6.07) is 0. The number of anilines is 1. The van der Waals surface area contributed by atoms with Crippen molar-refractivity contribution in [2.45, 2.75) is 26.2 Å². The van der Waals surface area contributed by atoms with Crippen molar-refractivity contribution in [2.75, 3.05) is 18.9 Å². The second kappa shape index (κ2) is 5.94. The molecule has 1 aromatic heterocycles. The van der Waals surface area contributed by atoms with Crippen molar-refractivity contribution in [3.05, 3.63) is 11.4 Å². The number of rotatable bonds is 6. The third kappa shape index (κ3) is 3.28. The molecule has 0 radical (unpaired) electrons. The molecule has 0 aromatic carbocycles. The average molecular weight is 280 g/mol. The zero-order chi connectivity index (χ0) is 14.7. The monoisotopic (exact) mass is 280 g/mol. The molecule has 0 aliphatic heterocycles. The Hall–Kier alpha value is -2.05. The van der Waals surface area contributed by atoms with Crippen LogP contribution < -0.4 is 11.1 Å². The van der Waals surface area contributed by atoms with E-state index in [-0.39, 0.29) is 18.2 Å². The molecular formula is C13H20N4O3. The van der Waals surface area contributed by atoms with Crippen molar-refractivity contribution in [2.24, 2.45) is 13.0 Å². The molecule has 1 aliphatic rings. The van der Waals surface area contributed by atoms with Crippen molar-refractivity contribution in [1.29, 1.82) is 0 Å². The van der Waals surface area contributed by atoms with Gasteiger partial charge in [0.15, 0.2) is 12.3 Å². The van der Waals surface area contributed by atoms with Crippen LogP contribution in [0.25, 0.3) is 0 Å². The van der Waals surface area contributed by atoms with Gasteiger partial charge in [0, 0.05) is 13.6 Å². The summed E-state index contributed by atoms with van der Waals surface area (Å²) in [6.45, 7) is 2.26. The first kappa shape index (κ1) is 14.4. The van der Waals surface area contributed by atoms with Gasteiger partial charge in [-0.15, -0.1) is 0 Å². The van der Waals surface area contributed by atoms with Crippen LogP contribution in [-0.2, 0) is 23.0 Å². The lowest BCUT2D eigenvalue weighted by molar-refractivity contribution is -0.124. The Morgan fingerprint density at radius 3 is 2.75 bits per heavy atom. The molecule has 1 aromatic rings. The first-order valence-electron chi connectivity index (χ1n) is 6.78. The van der Waals surface area contributed by atoms with Crippen LogP contribution in [0.2, 0.25) is 0 Å². The summed E-state index contributed by atoms with van der Waals surface area (Å²) < 4.78 is 6.36. The van der Waals surface area contributed by atoms with Gasteiger partial charge in [0.1, 0.15) is 0 Å². The number of ether oxygens (including phenoxy) is 1. The van der Waals surface area contributed by atoms with Crippen LogP contribution in [0.15, 0.2) is 0 Å². The molecule has 1 amide bonds. The van der Waals surface area contributed by atoms with E-state index in [4.69, 9.17) is 10.5 Å². The third-order valence-corrected chi connectivity index (χ3v) is 3.31. The zero-order valence-corrected chi connectivity index (χ0v) is 11.8. The number of aromatic nitrogens is 2. The van der Waals surface area contributed by atoms with Gasteiger partial charge < -0.3 is 15.8 Å². The van der Waals surface area contributed by atoms with Gasteiger partial charge in [0.25, 0.3) is 5.91 Å². The minimum absolute atomic E-state index is 0.192. The molecule has 0 bridgehead atoms. The number of esters is 1. The highest BCUT2D eigenvalue weighted by molar-refractivity contribution is 5.95. The summed E-state index contributed by atoms with van der Waals surface area (Å²) in [6.07, 6.45) is 2.95. The number of nitrogens with zero attached hydrogens (tertiary/aromatic N) is 2. The Morgan fingerprint density at radius 2 is 2.20 bits per heavy atom. The molecule has 3 N–H and O–H groups in total. The summed E-state index contributed by atoms with van der Waals surface area (Å²) in [7, 11) is 1.62. The first-order valence-corrected chi connectivity index (χ1v) is 6.78. The first-order chi connectivity index (χ1) is 9.52. The van der Waals surface area contributed by atoms with E-state index in [9.17, 15) is 9.59 Å². The van der Waals surface area contributed by atoms with Gasteiger partial charge in [-0.3, -0.25) is 9.48 Å². The van der Waals surface area contributed by atoms with Crippen LogP contribution in [0.1, 0.15) is 35.9 Å². The van der Waals surface area contributed by atoms with Gasteiger partial charge in [-0.2, -0.15) is 5.10 Å². The maximum absolute atomic E-state index is 11.9. The fourth-order valence-electron chi connectivity index (χ4n) is 1.93. The summed E-state index contributed by atoms with van der Waals surface area (Å²) in [5, 5.41) is 6.86. The lowest BCUT2D eigenvalue weighted by atomic mass is 10.2. The number of hydrogen-bond acceptors (Lipinski definition) is 5. The Bertz CT molecular complexity index is 520. The van der Waals surface area contributed by atoms with Gasteiger partial charge in [-0.25, -0.2) is 4.79 Å². The fraction of sp³-hybridized carbons (Fsp3) is 0.615. The van der Waals surface area contributed by atoms with E-state index in [0.29, 0.717) is 30.3 Å². The van der Waals surface area contributed by atoms with E-state index >= 15 is 0 Å². The number of nitrogens with one attached hydrogen (secondary N) is 1. The normalized spacial score (nSPS) is 14.1. The van der Waals surface area contributed by atoms with Crippen molar-refractivity contribution < 1.29 is 14.3 Å². The minimum Gasteiger partial charge on any atom is -0.451 e. The summed E-state index contributed by atoms with van der Waals surface area (Å²) in [5.41, 5.74) is 7.00. The minimum atomic E-state index is -0.626. The smallest absolute Gasteiger partial charge is 0.359 e. The van der Waals surface area contributed by atoms with Crippen molar-refractivity contribution in [1.82, 2.24) is 15.1 Å². The second-order valence-corrected chi connectivity index (χ2v) is 5.01. The number of carbonyl (C=O) groups is 2. The highest BCUT2D eigenvalue weighted by Crippen LogP contribution is 2.27. The summed E-state index contributed by atoms with van der Waals surface area (Å²) in [4.78, 5) is 23.4. The average Bonchev–Trinajstić information content (AvgIpc) is 3.19. The van der Waals surface area contributed by atoms with Gasteiger partial charge in [-0.05, 0) is 25.2 Å². The SMILES string of the molecule is CCc1nn(C)c(C(=O)OCC(=O)NCC2CC2)c1N. The molecule has 110 valence electrons. The van der Waals surface area contributed by atoms with E-state index in [1.54, 1.807) is 7.05 Å². The number of nitrogens with two attached hydrogens (primary N) is 1. The molecular weight excluding hydrogens is 260 g/mol. The summed E-state index contributed by atoms with van der Waals surface area (Å²) in [5.74, 6) is -0.324. The topological polar surface area (TPSA) is 99.2 Å². The van der Waals surface area contributed by atoms with Crippen LogP contribution in [0.3, 0.4) is 0 Å². The second-order valence-electron chi connectivity index (χ2n) is 5.01. The molecule has 1 aliphatic carbocycles. The molecule has 0 atom stereocenters. The number of aryl methyl sites for hydroxylation is 2. The Labute approximate surface area is 117 Å². The lowest BCUT2D eigenvalue weighted by Crippen LogP contribution is -2.30. The van der Waals surface area contributed by atoms with E-state index in [2.05, 4.69) is 10.4 Å². The van der Waals surface area contributed by atoms with Crippen molar-refractivity contribution in [3.8, 4) is 0 Å². The van der Waals surface area contributed by atoms with Crippen molar-refractivity contribution in [3.63, 3.8) is 0 Å². The van der Waals surface area contributed by atoms with Crippen LogP contribution in [0, 0.1) is 5.92 Å². The largest absolute Gasteiger partial charge is 0.451 e. The molecule has 7 nitrogen and oxygen atoms in total. The van der Waals surface area contributed by atoms with Crippen LogP contribution >= 0.6 is 0 Å². The molecule has 0 saturated heterocycles.